The predicted molar refractivity (Wildman–Crippen MR) is 103 cm³/mol. The molecular weight excluding hydrogens is 367 g/mol. The van der Waals surface area contributed by atoms with Crippen LogP contribution in [0.5, 0.6) is 0 Å². The molecule has 0 spiro atoms. The summed E-state index contributed by atoms with van der Waals surface area (Å²) in [5.74, 6) is -0.975. The molecule has 0 bridgehead atoms. The third kappa shape index (κ3) is 5.07. The Morgan fingerprint density at radius 2 is 1.78 bits per heavy atom. The molecule has 0 saturated carbocycles. The van der Waals surface area contributed by atoms with Crippen LogP contribution in [0.3, 0.4) is 0 Å². The minimum absolute atomic E-state index is 0.0293. The molecule has 1 saturated heterocycles. The highest BCUT2D eigenvalue weighted by Crippen LogP contribution is 2.22. The fourth-order valence-corrected chi connectivity index (χ4v) is 3.65. The molecule has 6 heteroatoms. The van der Waals surface area contributed by atoms with Crippen molar-refractivity contribution < 1.29 is 14.0 Å². The van der Waals surface area contributed by atoms with E-state index in [0.29, 0.717) is 19.0 Å². The van der Waals surface area contributed by atoms with E-state index in [9.17, 15) is 14.0 Å². The van der Waals surface area contributed by atoms with Gasteiger partial charge in [0.2, 0.25) is 5.91 Å². The van der Waals surface area contributed by atoms with Gasteiger partial charge >= 0.3 is 0 Å². The van der Waals surface area contributed by atoms with Crippen LogP contribution in [-0.2, 0) is 11.2 Å². The zero-order chi connectivity index (χ0) is 19.2. The van der Waals surface area contributed by atoms with E-state index in [1.807, 2.05) is 18.2 Å². The maximum atomic E-state index is 13.8. The summed E-state index contributed by atoms with van der Waals surface area (Å²) >= 11 is 5.87. The number of benzene rings is 2. The highest BCUT2D eigenvalue weighted by molar-refractivity contribution is 6.33. The Labute approximate surface area is 163 Å². The Morgan fingerprint density at radius 3 is 2.44 bits per heavy atom. The molecule has 1 N–H and O–H groups in total. The van der Waals surface area contributed by atoms with Crippen LogP contribution in [0.2, 0.25) is 5.02 Å². The first kappa shape index (κ1) is 19.4. The summed E-state index contributed by atoms with van der Waals surface area (Å²) in [4.78, 5) is 26.2. The van der Waals surface area contributed by atoms with Gasteiger partial charge in [0, 0.05) is 13.1 Å². The number of rotatable bonds is 5. The van der Waals surface area contributed by atoms with Gasteiger partial charge in [-0.3, -0.25) is 9.59 Å². The first-order valence-electron chi connectivity index (χ1n) is 9.08. The number of carbonyl (C=O) groups excluding carboxylic acids is 2. The van der Waals surface area contributed by atoms with E-state index in [0.717, 1.165) is 19.3 Å². The van der Waals surface area contributed by atoms with E-state index in [1.54, 1.807) is 4.90 Å². The van der Waals surface area contributed by atoms with Crippen molar-refractivity contribution in [1.82, 2.24) is 10.2 Å². The SMILES string of the molecule is O=C(NCC(=O)N1CCC(Cc2ccccc2)CC1)c1c(F)cccc1Cl. The van der Waals surface area contributed by atoms with Crippen molar-refractivity contribution in [2.45, 2.75) is 19.3 Å². The van der Waals surface area contributed by atoms with Crippen molar-refractivity contribution in [3.63, 3.8) is 0 Å². The number of amides is 2. The number of nitrogens with zero attached hydrogens (tertiary/aromatic N) is 1. The fourth-order valence-electron chi connectivity index (χ4n) is 3.40. The van der Waals surface area contributed by atoms with Gasteiger partial charge in [-0.05, 0) is 42.9 Å². The van der Waals surface area contributed by atoms with E-state index >= 15 is 0 Å². The van der Waals surface area contributed by atoms with Crippen LogP contribution < -0.4 is 5.32 Å². The minimum Gasteiger partial charge on any atom is -0.343 e. The standard InChI is InChI=1S/C21H22ClFN2O2/c22-17-7-4-8-18(23)20(17)21(27)24-14-19(26)25-11-9-16(10-12-25)13-15-5-2-1-3-6-15/h1-8,16H,9-14H2,(H,24,27). The normalized spacial score (nSPS) is 14.8. The average molecular weight is 389 g/mol. The van der Waals surface area contributed by atoms with Crippen LogP contribution in [0.4, 0.5) is 4.39 Å². The maximum absolute atomic E-state index is 13.8. The molecule has 0 unspecified atom stereocenters. The second-order valence-corrected chi connectivity index (χ2v) is 7.20. The maximum Gasteiger partial charge on any atom is 0.256 e. The molecule has 2 amide bonds. The predicted octanol–water partition coefficient (Wildman–Crippen LogP) is 3.69. The highest BCUT2D eigenvalue weighted by Gasteiger charge is 2.24. The van der Waals surface area contributed by atoms with Crippen molar-refractivity contribution >= 4 is 23.4 Å². The van der Waals surface area contributed by atoms with E-state index in [1.165, 1.54) is 23.8 Å². The van der Waals surface area contributed by atoms with Gasteiger partial charge in [-0.15, -0.1) is 0 Å². The van der Waals surface area contributed by atoms with Crippen LogP contribution in [0.1, 0.15) is 28.8 Å². The summed E-state index contributed by atoms with van der Waals surface area (Å²) in [7, 11) is 0. The third-order valence-electron chi connectivity index (χ3n) is 4.92. The lowest BCUT2D eigenvalue weighted by atomic mass is 9.90. The minimum atomic E-state index is -0.700. The second kappa shape index (κ2) is 9.00. The van der Waals surface area contributed by atoms with Gasteiger partial charge in [0.15, 0.2) is 0 Å². The van der Waals surface area contributed by atoms with Gasteiger partial charge in [0.1, 0.15) is 5.82 Å². The number of carbonyl (C=O) groups is 2. The Kier molecular flexibility index (Phi) is 6.45. The topological polar surface area (TPSA) is 49.4 Å². The second-order valence-electron chi connectivity index (χ2n) is 6.79. The molecule has 2 aromatic carbocycles. The van der Waals surface area contributed by atoms with Gasteiger partial charge in [-0.2, -0.15) is 0 Å². The Hall–Kier alpha value is -2.40. The molecule has 1 heterocycles. The highest BCUT2D eigenvalue weighted by atomic mass is 35.5. The molecule has 0 aliphatic carbocycles. The average Bonchev–Trinajstić information content (AvgIpc) is 2.67. The summed E-state index contributed by atoms with van der Waals surface area (Å²) < 4.78 is 13.8. The summed E-state index contributed by atoms with van der Waals surface area (Å²) in [5, 5.41) is 2.50. The van der Waals surface area contributed by atoms with Gasteiger partial charge in [0.05, 0.1) is 17.1 Å². The van der Waals surface area contributed by atoms with Crippen molar-refractivity contribution in [3.8, 4) is 0 Å². The summed E-state index contributed by atoms with van der Waals surface area (Å²) in [6.45, 7) is 1.19. The Morgan fingerprint density at radius 1 is 1.07 bits per heavy atom. The summed E-state index contributed by atoms with van der Waals surface area (Å²) in [5.41, 5.74) is 1.09. The quantitative estimate of drug-likeness (QED) is 0.849. The number of nitrogens with one attached hydrogen (secondary N) is 1. The first-order valence-corrected chi connectivity index (χ1v) is 9.46. The van der Waals surface area contributed by atoms with Crippen molar-refractivity contribution in [3.05, 3.63) is 70.5 Å². The Bertz CT molecular complexity index is 785. The first-order chi connectivity index (χ1) is 13.0. The van der Waals surface area contributed by atoms with Crippen LogP contribution in [0, 0.1) is 11.7 Å². The smallest absolute Gasteiger partial charge is 0.256 e. The zero-order valence-corrected chi connectivity index (χ0v) is 15.7. The molecule has 3 rings (SSSR count). The fraction of sp³-hybridized carbons (Fsp3) is 0.333. The van der Waals surface area contributed by atoms with Crippen molar-refractivity contribution in [1.29, 1.82) is 0 Å². The zero-order valence-electron chi connectivity index (χ0n) is 15.0. The van der Waals surface area contributed by atoms with Gasteiger partial charge < -0.3 is 10.2 Å². The van der Waals surface area contributed by atoms with E-state index < -0.39 is 11.7 Å². The molecule has 2 aromatic rings. The molecule has 0 atom stereocenters. The number of piperidine rings is 1. The lowest BCUT2D eigenvalue weighted by Crippen LogP contribution is -2.44. The lowest BCUT2D eigenvalue weighted by Gasteiger charge is -2.32. The molecule has 1 fully saturated rings. The van der Waals surface area contributed by atoms with Crippen molar-refractivity contribution in [2.75, 3.05) is 19.6 Å². The number of likely N-dealkylation sites (tertiary alicyclic amines) is 1. The molecule has 1 aliphatic heterocycles. The van der Waals surface area contributed by atoms with E-state index in [2.05, 4.69) is 17.4 Å². The van der Waals surface area contributed by atoms with Crippen LogP contribution in [-0.4, -0.2) is 36.3 Å². The van der Waals surface area contributed by atoms with E-state index in [4.69, 9.17) is 11.6 Å². The Balaban J connectivity index is 1.46. The third-order valence-corrected chi connectivity index (χ3v) is 5.24. The number of hydrogen-bond acceptors (Lipinski definition) is 2. The molecular formula is C21H22ClFN2O2. The monoisotopic (exact) mass is 388 g/mol. The van der Waals surface area contributed by atoms with Crippen LogP contribution in [0.25, 0.3) is 0 Å². The van der Waals surface area contributed by atoms with Gasteiger partial charge in [-0.25, -0.2) is 4.39 Å². The number of halogens is 2. The molecule has 142 valence electrons. The molecule has 4 nitrogen and oxygen atoms in total. The largest absolute Gasteiger partial charge is 0.343 e. The van der Waals surface area contributed by atoms with Crippen molar-refractivity contribution in [2.24, 2.45) is 5.92 Å². The molecule has 1 aliphatic rings. The van der Waals surface area contributed by atoms with Crippen LogP contribution in [0.15, 0.2) is 48.5 Å². The van der Waals surface area contributed by atoms with Crippen LogP contribution >= 0.6 is 11.6 Å². The van der Waals surface area contributed by atoms with Gasteiger partial charge in [0.25, 0.3) is 5.91 Å². The molecule has 0 aromatic heterocycles. The summed E-state index contributed by atoms with van der Waals surface area (Å²) in [6, 6.07) is 14.4. The van der Waals surface area contributed by atoms with Gasteiger partial charge in [-0.1, -0.05) is 48.0 Å². The lowest BCUT2D eigenvalue weighted by molar-refractivity contribution is -0.131. The summed E-state index contributed by atoms with van der Waals surface area (Å²) in [6.07, 6.45) is 2.90. The molecule has 0 radical (unpaired) electrons. The molecule has 27 heavy (non-hydrogen) atoms. The number of hydrogen-bond donors (Lipinski definition) is 1. The van der Waals surface area contributed by atoms with E-state index in [-0.39, 0.29) is 23.0 Å².